The molecule has 21 heavy (non-hydrogen) atoms. The van der Waals surface area contributed by atoms with Crippen molar-refractivity contribution in [2.45, 2.75) is 6.92 Å². The average Bonchev–Trinajstić information content (AvgIpc) is 2.42. The van der Waals surface area contributed by atoms with E-state index in [1.165, 1.54) is 0 Å². The van der Waals surface area contributed by atoms with Gasteiger partial charge in [-0.25, -0.2) is 0 Å². The van der Waals surface area contributed by atoms with Crippen LogP contribution in [0.3, 0.4) is 0 Å². The fourth-order valence-electron chi connectivity index (χ4n) is 1.78. The highest BCUT2D eigenvalue weighted by Crippen LogP contribution is 2.26. The molecule has 0 unspecified atom stereocenters. The molecule has 0 aliphatic rings. The van der Waals surface area contributed by atoms with Crippen molar-refractivity contribution < 1.29 is 9.53 Å². The summed E-state index contributed by atoms with van der Waals surface area (Å²) in [5.41, 5.74) is 7.33. The minimum Gasteiger partial charge on any atom is -0.494 e. The van der Waals surface area contributed by atoms with E-state index >= 15 is 0 Å². The second-order valence-corrected chi connectivity index (χ2v) is 5.57. The molecule has 0 spiro atoms. The van der Waals surface area contributed by atoms with Gasteiger partial charge in [0.2, 0.25) is 0 Å². The molecule has 1 amide bonds. The molecule has 0 heterocycles. The normalized spacial score (nSPS) is 10.2. The molecule has 110 valence electrons. The van der Waals surface area contributed by atoms with E-state index in [1.54, 1.807) is 36.4 Å². The number of hydrogen-bond donors (Lipinski definition) is 2. The standard InChI is InChI=1S/C15H14BrClN2O2/c1-2-21-12-6-9(5-10(18)7-12)15(20)19-11-3-4-14(17)13(16)8-11/h3-8H,2,18H2,1H3,(H,19,20). The summed E-state index contributed by atoms with van der Waals surface area (Å²) in [7, 11) is 0. The SMILES string of the molecule is CCOc1cc(N)cc(C(=O)Nc2ccc(Cl)c(Br)c2)c1. The van der Waals surface area contributed by atoms with Crippen LogP contribution in [0.5, 0.6) is 5.75 Å². The lowest BCUT2D eigenvalue weighted by Gasteiger charge is -2.09. The average molecular weight is 370 g/mol. The smallest absolute Gasteiger partial charge is 0.255 e. The Morgan fingerprint density at radius 2 is 2.10 bits per heavy atom. The summed E-state index contributed by atoms with van der Waals surface area (Å²) in [5.74, 6) is 0.303. The van der Waals surface area contributed by atoms with Crippen LogP contribution in [-0.2, 0) is 0 Å². The zero-order valence-corrected chi connectivity index (χ0v) is 13.7. The number of hydrogen-bond acceptors (Lipinski definition) is 3. The highest BCUT2D eigenvalue weighted by atomic mass is 79.9. The van der Waals surface area contributed by atoms with E-state index in [2.05, 4.69) is 21.2 Å². The number of rotatable bonds is 4. The van der Waals surface area contributed by atoms with E-state index in [4.69, 9.17) is 22.1 Å². The number of carbonyl (C=O) groups excluding carboxylic acids is 1. The molecule has 0 bridgehead atoms. The van der Waals surface area contributed by atoms with E-state index in [1.807, 2.05) is 6.92 Å². The van der Waals surface area contributed by atoms with Crippen LogP contribution in [0.1, 0.15) is 17.3 Å². The van der Waals surface area contributed by atoms with Crippen molar-refractivity contribution in [3.05, 3.63) is 51.5 Å². The summed E-state index contributed by atoms with van der Waals surface area (Å²) in [4.78, 5) is 12.2. The van der Waals surface area contributed by atoms with Crippen molar-refractivity contribution in [1.82, 2.24) is 0 Å². The molecule has 0 saturated heterocycles. The van der Waals surface area contributed by atoms with Gasteiger partial charge in [0, 0.05) is 27.5 Å². The Hall–Kier alpha value is -1.72. The predicted octanol–water partition coefficient (Wildman–Crippen LogP) is 4.34. The van der Waals surface area contributed by atoms with Gasteiger partial charge < -0.3 is 15.8 Å². The van der Waals surface area contributed by atoms with Crippen LogP contribution in [0.25, 0.3) is 0 Å². The Bertz CT molecular complexity index is 677. The first-order valence-corrected chi connectivity index (χ1v) is 7.46. The minimum absolute atomic E-state index is 0.266. The van der Waals surface area contributed by atoms with E-state index in [0.717, 1.165) is 0 Å². The summed E-state index contributed by atoms with van der Waals surface area (Å²) >= 11 is 9.23. The van der Waals surface area contributed by atoms with E-state index in [-0.39, 0.29) is 5.91 Å². The summed E-state index contributed by atoms with van der Waals surface area (Å²) in [6, 6.07) is 10.1. The van der Waals surface area contributed by atoms with Gasteiger partial charge in [-0.2, -0.15) is 0 Å². The minimum atomic E-state index is -0.266. The molecule has 0 fully saturated rings. The van der Waals surface area contributed by atoms with Crippen molar-refractivity contribution in [2.75, 3.05) is 17.7 Å². The predicted molar refractivity (Wildman–Crippen MR) is 89.1 cm³/mol. The van der Waals surface area contributed by atoms with Gasteiger partial charge in [0.1, 0.15) is 5.75 Å². The third-order valence-electron chi connectivity index (χ3n) is 2.68. The number of anilines is 2. The van der Waals surface area contributed by atoms with Crippen LogP contribution in [0.15, 0.2) is 40.9 Å². The lowest BCUT2D eigenvalue weighted by Crippen LogP contribution is -2.12. The molecule has 2 rings (SSSR count). The van der Waals surface area contributed by atoms with Crippen LogP contribution in [0.2, 0.25) is 5.02 Å². The Balaban J connectivity index is 2.21. The molecule has 4 nitrogen and oxygen atoms in total. The van der Waals surface area contributed by atoms with Gasteiger partial charge in [0.25, 0.3) is 5.91 Å². The quantitative estimate of drug-likeness (QED) is 0.788. The molecule has 0 saturated carbocycles. The van der Waals surface area contributed by atoms with Gasteiger partial charge in [-0.15, -0.1) is 0 Å². The van der Waals surface area contributed by atoms with Crippen molar-refractivity contribution >= 4 is 44.8 Å². The van der Waals surface area contributed by atoms with E-state index < -0.39 is 0 Å². The number of nitrogen functional groups attached to an aromatic ring is 1. The molecule has 0 radical (unpaired) electrons. The van der Waals surface area contributed by atoms with E-state index in [9.17, 15) is 4.79 Å². The summed E-state index contributed by atoms with van der Waals surface area (Å²) in [6.07, 6.45) is 0. The molecule has 3 N–H and O–H groups in total. The number of ether oxygens (including phenoxy) is 1. The number of amides is 1. The largest absolute Gasteiger partial charge is 0.494 e. The maximum atomic E-state index is 12.2. The van der Waals surface area contributed by atoms with Crippen LogP contribution in [-0.4, -0.2) is 12.5 Å². The van der Waals surface area contributed by atoms with Crippen LogP contribution >= 0.6 is 27.5 Å². The van der Waals surface area contributed by atoms with Gasteiger partial charge in [-0.3, -0.25) is 4.79 Å². The molecule has 0 aromatic heterocycles. The number of nitrogens with two attached hydrogens (primary N) is 1. The molecule has 0 atom stereocenters. The molecule has 2 aromatic rings. The third-order valence-corrected chi connectivity index (χ3v) is 3.89. The molecule has 2 aromatic carbocycles. The maximum Gasteiger partial charge on any atom is 0.255 e. The zero-order chi connectivity index (χ0) is 15.4. The van der Waals surface area contributed by atoms with Crippen molar-refractivity contribution in [1.29, 1.82) is 0 Å². The van der Waals surface area contributed by atoms with Crippen molar-refractivity contribution in [3.63, 3.8) is 0 Å². The van der Waals surface area contributed by atoms with Crippen LogP contribution in [0.4, 0.5) is 11.4 Å². The highest BCUT2D eigenvalue weighted by molar-refractivity contribution is 9.10. The third kappa shape index (κ3) is 4.12. The van der Waals surface area contributed by atoms with Crippen molar-refractivity contribution in [2.24, 2.45) is 0 Å². The molecule has 6 heteroatoms. The lowest BCUT2D eigenvalue weighted by molar-refractivity contribution is 0.102. The van der Waals surface area contributed by atoms with Gasteiger partial charge in [-0.1, -0.05) is 11.6 Å². The van der Waals surface area contributed by atoms with Crippen molar-refractivity contribution in [3.8, 4) is 5.75 Å². The number of halogens is 2. The Morgan fingerprint density at radius 3 is 2.76 bits per heavy atom. The topological polar surface area (TPSA) is 64.3 Å². The Morgan fingerprint density at radius 1 is 1.33 bits per heavy atom. The summed E-state index contributed by atoms with van der Waals surface area (Å²) < 4.78 is 6.09. The van der Waals surface area contributed by atoms with Crippen LogP contribution in [0, 0.1) is 0 Å². The Labute approximate surface area is 136 Å². The first-order valence-electron chi connectivity index (χ1n) is 6.29. The van der Waals surface area contributed by atoms with Gasteiger partial charge in [0.05, 0.1) is 11.6 Å². The number of nitrogens with one attached hydrogen (secondary N) is 1. The molecule has 0 aliphatic heterocycles. The second kappa shape index (κ2) is 6.83. The molecular formula is C15H14BrClN2O2. The number of carbonyl (C=O) groups is 1. The first-order chi connectivity index (χ1) is 9.99. The van der Waals surface area contributed by atoms with Gasteiger partial charge in [0.15, 0.2) is 0 Å². The monoisotopic (exact) mass is 368 g/mol. The maximum absolute atomic E-state index is 12.2. The summed E-state index contributed by atoms with van der Waals surface area (Å²) in [5, 5.41) is 3.36. The highest BCUT2D eigenvalue weighted by Gasteiger charge is 2.10. The second-order valence-electron chi connectivity index (χ2n) is 4.31. The van der Waals surface area contributed by atoms with Gasteiger partial charge in [-0.05, 0) is 53.2 Å². The van der Waals surface area contributed by atoms with Gasteiger partial charge >= 0.3 is 0 Å². The lowest BCUT2D eigenvalue weighted by atomic mass is 10.1. The fourth-order valence-corrected chi connectivity index (χ4v) is 2.28. The fraction of sp³-hybridized carbons (Fsp3) is 0.133. The van der Waals surface area contributed by atoms with Crippen LogP contribution < -0.4 is 15.8 Å². The Kier molecular flexibility index (Phi) is 5.09. The first kappa shape index (κ1) is 15.7. The number of benzene rings is 2. The van der Waals surface area contributed by atoms with E-state index in [0.29, 0.717) is 38.8 Å². The zero-order valence-electron chi connectivity index (χ0n) is 11.3. The summed E-state index contributed by atoms with van der Waals surface area (Å²) in [6.45, 7) is 2.38. The molecular weight excluding hydrogens is 356 g/mol. The molecule has 0 aliphatic carbocycles.